The van der Waals surface area contributed by atoms with Crippen LogP contribution in [0.3, 0.4) is 0 Å². The van der Waals surface area contributed by atoms with Crippen LogP contribution in [0.4, 0.5) is 5.82 Å². The average Bonchev–Trinajstić information content (AvgIpc) is 3.22. The van der Waals surface area contributed by atoms with Crippen LogP contribution < -0.4 is 10.5 Å². The highest BCUT2D eigenvalue weighted by Crippen LogP contribution is 2.28. The third-order valence-corrected chi connectivity index (χ3v) is 5.82. The third kappa shape index (κ3) is 4.51. The highest BCUT2D eigenvalue weighted by Gasteiger charge is 2.19. The Bertz CT molecular complexity index is 906. The van der Waals surface area contributed by atoms with Gasteiger partial charge in [-0.2, -0.15) is 0 Å². The number of fused-ring (bicyclic) bond motifs is 1. The SMILES string of the molecule is CCc1cc2c(cc1Cc1nc(C(C)=N)c(N)n1CCCNS(=O)O)CCC2. The summed E-state index contributed by atoms with van der Waals surface area (Å²) in [5.41, 5.74) is 12.7. The van der Waals surface area contributed by atoms with Crippen LogP contribution in [-0.4, -0.2) is 30.6 Å². The number of hydrogen-bond donors (Lipinski definition) is 4. The van der Waals surface area contributed by atoms with Crippen LogP contribution in [0.1, 0.15) is 60.5 Å². The second-order valence-corrected chi connectivity index (χ2v) is 8.10. The zero-order valence-electron chi connectivity index (χ0n) is 16.5. The number of nitrogen functional groups attached to an aromatic ring is 1. The van der Waals surface area contributed by atoms with Gasteiger partial charge in [0.15, 0.2) is 0 Å². The Hall–Kier alpha value is -2.03. The van der Waals surface area contributed by atoms with Crippen molar-refractivity contribution < 1.29 is 8.76 Å². The quantitative estimate of drug-likeness (QED) is 0.292. The topological polar surface area (TPSA) is 117 Å². The minimum Gasteiger partial charge on any atom is -0.383 e. The summed E-state index contributed by atoms with van der Waals surface area (Å²) in [4.78, 5) is 4.67. The predicted octanol–water partition coefficient (Wildman–Crippen LogP) is 2.61. The van der Waals surface area contributed by atoms with Gasteiger partial charge in [-0.05, 0) is 61.3 Å². The van der Waals surface area contributed by atoms with Gasteiger partial charge < -0.3 is 15.7 Å². The number of anilines is 1. The van der Waals surface area contributed by atoms with Gasteiger partial charge >= 0.3 is 0 Å². The van der Waals surface area contributed by atoms with E-state index in [0.29, 0.717) is 43.2 Å². The summed E-state index contributed by atoms with van der Waals surface area (Å²) >= 11 is -2.01. The zero-order chi connectivity index (χ0) is 20.3. The number of hydrogen-bond acceptors (Lipinski definition) is 4. The molecule has 7 nitrogen and oxygen atoms in total. The highest BCUT2D eigenvalue weighted by molar-refractivity contribution is 7.77. The van der Waals surface area contributed by atoms with E-state index in [2.05, 4.69) is 28.8 Å². The molecule has 1 heterocycles. The second-order valence-electron chi connectivity index (χ2n) is 7.31. The maximum Gasteiger partial charge on any atom is 0.231 e. The number of aromatic nitrogens is 2. The lowest BCUT2D eigenvalue weighted by Crippen LogP contribution is -2.20. The smallest absolute Gasteiger partial charge is 0.231 e. The van der Waals surface area contributed by atoms with Gasteiger partial charge in [-0.3, -0.25) is 4.55 Å². The monoisotopic (exact) mass is 403 g/mol. The molecule has 1 atom stereocenters. The fourth-order valence-corrected chi connectivity index (χ4v) is 4.28. The molecule has 0 bridgehead atoms. The number of nitrogens with two attached hydrogens (primary N) is 1. The van der Waals surface area contributed by atoms with Gasteiger partial charge in [0, 0.05) is 19.5 Å². The molecule has 0 saturated carbocycles. The first-order valence-corrected chi connectivity index (χ1v) is 10.9. The van der Waals surface area contributed by atoms with Crippen molar-refractivity contribution in [3.63, 3.8) is 0 Å². The van der Waals surface area contributed by atoms with Crippen molar-refractivity contribution in [1.82, 2.24) is 14.3 Å². The van der Waals surface area contributed by atoms with E-state index in [4.69, 9.17) is 15.7 Å². The molecule has 0 spiro atoms. The zero-order valence-corrected chi connectivity index (χ0v) is 17.4. The van der Waals surface area contributed by atoms with Crippen molar-refractivity contribution in [2.24, 2.45) is 0 Å². The van der Waals surface area contributed by atoms with Crippen LogP contribution >= 0.6 is 0 Å². The van der Waals surface area contributed by atoms with Crippen molar-refractivity contribution in [1.29, 1.82) is 5.41 Å². The Morgan fingerprint density at radius 1 is 1.36 bits per heavy atom. The minimum atomic E-state index is -2.01. The molecule has 0 aliphatic heterocycles. The standard InChI is InChI=1S/C20H29N5O2S/c1-3-14-10-15-6-4-7-16(15)11-17(14)12-18-24-19(13(2)21)20(22)25(18)9-5-8-23-28(26)27/h10-11,21,23H,3-9,12,22H2,1-2H3,(H,26,27). The number of rotatable bonds is 9. The van der Waals surface area contributed by atoms with Gasteiger partial charge in [-0.15, -0.1) is 0 Å². The van der Waals surface area contributed by atoms with Crippen molar-refractivity contribution in [2.75, 3.05) is 12.3 Å². The minimum absolute atomic E-state index is 0.344. The van der Waals surface area contributed by atoms with Crippen LogP contribution in [0.25, 0.3) is 0 Å². The molecule has 152 valence electrons. The van der Waals surface area contributed by atoms with E-state index in [1.165, 1.54) is 35.1 Å². The van der Waals surface area contributed by atoms with Crippen molar-refractivity contribution in [2.45, 2.75) is 58.9 Å². The molecule has 3 rings (SSSR count). The second kappa shape index (κ2) is 8.98. The normalized spacial score (nSPS) is 14.2. The summed E-state index contributed by atoms with van der Waals surface area (Å²) in [6.45, 7) is 4.85. The summed E-state index contributed by atoms with van der Waals surface area (Å²) in [5.74, 6) is 1.34. The van der Waals surface area contributed by atoms with Gasteiger partial charge in [0.1, 0.15) is 17.3 Å². The van der Waals surface area contributed by atoms with Crippen LogP contribution in [0.5, 0.6) is 0 Å². The number of benzene rings is 1. The molecule has 8 heteroatoms. The van der Waals surface area contributed by atoms with E-state index in [1.54, 1.807) is 6.92 Å². The Morgan fingerprint density at radius 3 is 2.64 bits per heavy atom. The molecule has 0 fully saturated rings. The molecule has 1 aromatic carbocycles. The van der Waals surface area contributed by atoms with Gasteiger partial charge in [-0.1, -0.05) is 19.1 Å². The molecule has 28 heavy (non-hydrogen) atoms. The first kappa shape index (κ1) is 20.7. The summed E-state index contributed by atoms with van der Waals surface area (Å²) in [6, 6.07) is 4.67. The number of nitrogens with zero attached hydrogens (tertiary/aromatic N) is 2. The Kier molecular flexibility index (Phi) is 6.64. The molecule has 2 aromatic rings. The first-order valence-electron chi connectivity index (χ1n) is 9.79. The van der Waals surface area contributed by atoms with E-state index in [1.807, 2.05) is 4.57 Å². The van der Waals surface area contributed by atoms with Gasteiger partial charge in [-0.25, -0.2) is 13.9 Å². The van der Waals surface area contributed by atoms with Crippen LogP contribution in [-0.2, 0) is 43.5 Å². The fraction of sp³-hybridized carbons (Fsp3) is 0.500. The third-order valence-electron chi connectivity index (χ3n) is 5.37. The summed E-state index contributed by atoms with van der Waals surface area (Å²) in [5, 5.41) is 7.97. The largest absolute Gasteiger partial charge is 0.383 e. The first-order chi connectivity index (χ1) is 13.4. The van der Waals surface area contributed by atoms with Gasteiger partial charge in [0.25, 0.3) is 0 Å². The van der Waals surface area contributed by atoms with Gasteiger partial charge in [0.2, 0.25) is 11.3 Å². The molecule has 0 saturated heterocycles. The molecule has 1 aliphatic rings. The molecule has 1 unspecified atom stereocenters. The van der Waals surface area contributed by atoms with Crippen molar-refractivity contribution >= 4 is 22.8 Å². The molecule has 1 aliphatic carbocycles. The average molecular weight is 404 g/mol. The van der Waals surface area contributed by atoms with E-state index in [9.17, 15) is 4.21 Å². The van der Waals surface area contributed by atoms with Crippen LogP contribution in [0.2, 0.25) is 0 Å². The van der Waals surface area contributed by atoms with Gasteiger partial charge in [0.05, 0.1) is 5.71 Å². The van der Waals surface area contributed by atoms with Crippen LogP contribution in [0, 0.1) is 5.41 Å². The summed E-state index contributed by atoms with van der Waals surface area (Å²) in [6.07, 6.45) is 5.81. The lowest BCUT2D eigenvalue weighted by molar-refractivity contribution is 0.540. The molecule has 1 aromatic heterocycles. The highest BCUT2D eigenvalue weighted by atomic mass is 32.2. The summed E-state index contributed by atoms with van der Waals surface area (Å²) in [7, 11) is 0. The van der Waals surface area contributed by atoms with E-state index in [0.717, 1.165) is 18.7 Å². The Balaban J connectivity index is 1.89. The fourth-order valence-electron chi connectivity index (χ4n) is 3.96. The molecular weight excluding hydrogens is 374 g/mol. The molecule has 0 amide bonds. The lowest BCUT2D eigenvalue weighted by Gasteiger charge is -2.14. The molecule has 5 N–H and O–H groups in total. The van der Waals surface area contributed by atoms with Crippen molar-refractivity contribution in [3.05, 3.63) is 45.9 Å². The predicted molar refractivity (Wildman–Crippen MR) is 113 cm³/mol. The number of aryl methyl sites for hydroxylation is 3. The van der Waals surface area contributed by atoms with Crippen molar-refractivity contribution in [3.8, 4) is 0 Å². The van der Waals surface area contributed by atoms with E-state index < -0.39 is 11.3 Å². The number of imidazole rings is 1. The van der Waals surface area contributed by atoms with E-state index in [-0.39, 0.29) is 0 Å². The maximum absolute atomic E-state index is 10.8. The Morgan fingerprint density at radius 2 is 2.04 bits per heavy atom. The maximum atomic E-state index is 10.8. The van der Waals surface area contributed by atoms with E-state index >= 15 is 0 Å². The summed E-state index contributed by atoms with van der Waals surface area (Å²) < 4.78 is 24.1. The number of nitrogens with one attached hydrogen (secondary N) is 2. The molecular formula is C20H29N5O2S. The van der Waals surface area contributed by atoms with Crippen LogP contribution in [0.15, 0.2) is 12.1 Å². The Labute approximate surface area is 168 Å². The lowest BCUT2D eigenvalue weighted by atomic mass is 9.96. The molecule has 0 radical (unpaired) electrons.